The van der Waals surface area contributed by atoms with Crippen LogP contribution in [-0.2, 0) is 16.0 Å². The van der Waals surface area contributed by atoms with E-state index in [1.165, 1.54) is 22.8 Å². The summed E-state index contributed by atoms with van der Waals surface area (Å²) < 4.78 is 26.1. The van der Waals surface area contributed by atoms with Crippen LogP contribution in [0.1, 0.15) is 30.8 Å². The monoisotopic (exact) mass is 410 g/mol. The second-order valence-electron chi connectivity index (χ2n) is 6.65. The summed E-state index contributed by atoms with van der Waals surface area (Å²) >= 11 is 0. The molecule has 156 valence electrons. The summed E-state index contributed by atoms with van der Waals surface area (Å²) in [5.74, 6) is 0.0534. The van der Waals surface area contributed by atoms with Gasteiger partial charge in [0.15, 0.2) is 0 Å². The normalized spacial score (nSPS) is 11.2. The Kier molecular flexibility index (Phi) is 6.30. The molecule has 6 nitrogen and oxygen atoms in total. The average molecular weight is 410 g/mol. The average Bonchev–Trinajstić information content (AvgIpc) is 2.73. The molecule has 30 heavy (non-hydrogen) atoms. The number of benzene rings is 2. The Labute approximate surface area is 173 Å². The van der Waals surface area contributed by atoms with Crippen LogP contribution in [0.5, 0.6) is 5.75 Å². The number of rotatable bonds is 6. The lowest BCUT2D eigenvalue weighted by Gasteiger charge is -2.16. The van der Waals surface area contributed by atoms with Crippen LogP contribution in [0.15, 0.2) is 41.2 Å². The number of halogens is 1. The number of carbonyl (C=O) groups excluding carboxylic acids is 1. The molecule has 1 aromatic heterocycles. The molecular formula is C23H23FN2O4. The van der Waals surface area contributed by atoms with Crippen molar-refractivity contribution in [1.82, 2.24) is 9.55 Å². The molecule has 0 amide bonds. The topological polar surface area (TPSA) is 70.4 Å². The minimum absolute atomic E-state index is 0.108. The molecule has 0 atom stereocenters. The van der Waals surface area contributed by atoms with Crippen LogP contribution in [0.3, 0.4) is 0 Å². The summed E-state index contributed by atoms with van der Waals surface area (Å²) in [4.78, 5) is 29.4. The summed E-state index contributed by atoms with van der Waals surface area (Å²) in [6.45, 7) is 5.67. The van der Waals surface area contributed by atoms with E-state index in [1.807, 2.05) is 19.9 Å². The second kappa shape index (κ2) is 8.90. The molecule has 0 spiro atoms. The van der Waals surface area contributed by atoms with E-state index in [2.05, 4.69) is 4.98 Å². The Bertz CT molecular complexity index is 1200. The number of nitrogens with zero attached hydrogens (tertiary/aromatic N) is 2. The summed E-state index contributed by atoms with van der Waals surface area (Å²) in [5.41, 5.74) is 1.59. The fourth-order valence-corrected chi connectivity index (χ4v) is 3.24. The lowest BCUT2D eigenvalue weighted by Crippen LogP contribution is -2.24. The summed E-state index contributed by atoms with van der Waals surface area (Å²) in [7, 11) is 1.58. The fourth-order valence-electron chi connectivity index (χ4n) is 3.24. The highest BCUT2D eigenvalue weighted by molar-refractivity contribution is 5.88. The van der Waals surface area contributed by atoms with Gasteiger partial charge in [-0.1, -0.05) is 6.92 Å². The SMILES string of the molecule is CCOC(=O)/C=C/c1cc2c(=O)n(-c3ccc(OC)cc3C)c(CC)nc2cc1F. The molecule has 2 aromatic carbocycles. The van der Waals surface area contributed by atoms with Gasteiger partial charge in [-0.05, 0) is 49.8 Å². The first-order chi connectivity index (χ1) is 14.4. The van der Waals surface area contributed by atoms with Crippen molar-refractivity contribution in [3.8, 4) is 11.4 Å². The Morgan fingerprint density at radius 2 is 2.00 bits per heavy atom. The zero-order chi connectivity index (χ0) is 21.8. The molecule has 7 heteroatoms. The van der Waals surface area contributed by atoms with Crippen LogP contribution in [0.4, 0.5) is 4.39 Å². The lowest BCUT2D eigenvalue weighted by atomic mass is 10.1. The van der Waals surface area contributed by atoms with Gasteiger partial charge in [0.25, 0.3) is 5.56 Å². The first kappa shape index (κ1) is 21.2. The number of hydrogen-bond acceptors (Lipinski definition) is 5. The highest BCUT2D eigenvalue weighted by Gasteiger charge is 2.16. The summed E-state index contributed by atoms with van der Waals surface area (Å²) in [6.07, 6.45) is 2.92. The molecule has 0 radical (unpaired) electrons. The lowest BCUT2D eigenvalue weighted by molar-refractivity contribution is -0.137. The standard InChI is InChI=1S/C23H23FN2O4/c1-5-21-25-19-13-18(24)15(7-10-22(27)30-6-2)12-17(19)23(28)26(21)20-9-8-16(29-4)11-14(20)3/h7-13H,5-6H2,1-4H3/b10-7+. The number of aromatic nitrogens is 2. The summed E-state index contributed by atoms with van der Waals surface area (Å²) in [5, 5.41) is 0.257. The van der Waals surface area contributed by atoms with E-state index in [4.69, 9.17) is 9.47 Å². The van der Waals surface area contributed by atoms with E-state index in [0.717, 1.165) is 11.6 Å². The van der Waals surface area contributed by atoms with Crippen molar-refractivity contribution in [2.24, 2.45) is 0 Å². The number of aryl methyl sites for hydroxylation is 2. The number of methoxy groups -OCH3 is 1. The number of esters is 1. The molecule has 0 saturated heterocycles. The summed E-state index contributed by atoms with van der Waals surface area (Å²) in [6, 6.07) is 8.03. The van der Waals surface area contributed by atoms with Crippen molar-refractivity contribution in [1.29, 1.82) is 0 Å². The number of carbonyl (C=O) groups is 1. The molecule has 3 rings (SSSR count). The van der Waals surface area contributed by atoms with Gasteiger partial charge in [0.1, 0.15) is 17.4 Å². The minimum atomic E-state index is -0.581. The van der Waals surface area contributed by atoms with Crippen LogP contribution in [0, 0.1) is 12.7 Å². The van der Waals surface area contributed by atoms with Crippen molar-refractivity contribution >= 4 is 22.9 Å². The predicted octanol–water partition coefficient (Wildman–Crippen LogP) is 3.98. The van der Waals surface area contributed by atoms with Gasteiger partial charge in [0.2, 0.25) is 0 Å². The maximum Gasteiger partial charge on any atom is 0.330 e. The second-order valence-corrected chi connectivity index (χ2v) is 6.65. The smallest absolute Gasteiger partial charge is 0.330 e. The molecule has 1 heterocycles. The van der Waals surface area contributed by atoms with Crippen LogP contribution in [-0.4, -0.2) is 29.2 Å². The molecule has 0 aliphatic rings. The molecule has 0 unspecified atom stereocenters. The van der Waals surface area contributed by atoms with Crippen molar-refractivity contribution in [2.45, 2.75) is 27.2 Å². The number of hydrogen-bond donors (Lipinski definition) is 0. The third-order valence-electron chi connectivity index (χ3n) is 4.70. The van der Waals surface area contributed by atoms with E-state index < -0.39 is 11.8 Å². The quantitative estimate of drug-likeness (QED) is 0.454. The third kappa shape index (κ3) is 4.10. The van der Waals surface area contributed by atoms with E-state index in [-0.39, 0.29) is 28.6 Å². The largest absolute Gasteiger partial charge is 0.497 e. The Morgan fingerprint density at radius 1 is 1.23 bits per heavy atom. The van der Waals surface area contributed by atoms with E-state index in [1.54, 1.807) is 26.2 Å². The van der Waals surface area contributed by atoms with E-state index >= 15 is 0 Å². The van der Waals surface area contributed by atoms with Gasteiger partial charge in [0, 0.05) is 24.1 Å². The molecule has 0 N–H and O–H groups in total. The maximum atomic E-state index is 14.5. The van der Waals surface area contributed by atoms with Crippen molar-refractivity contribution in [3.05, 3.63) is 69.5 Å². The highest BCUT2D eigenvalue weighted by Crippen LogP contribution is 2.23. The van der Waals surface area contributed by atoms with Crippen LogP contribution >= 0.6 is 0 Å². The van der Waals surface area contributed by atoms with Crippen LogP contribution in [0.25, 0.3) is 22.7 Å². The van der Waals surface area contributed by atoms with Crippen LogP contribution in [0.2, 0.25) is 0 Å². The first-order valence-electron chi connectivity index (χ1n) is 9.64. The molecule has 0 aliphatic carbocycles. The van der Waals surface area contributed by atoms with Crippen molar-refractivity contribution in [3.63, 3.8) is 0 Å². The van der Waals surface area contributed by atoms with Gasteiger partial charge in [0.05, 0.1) is 30.3 Å². The first-order valence-corrected chi connectivity index (χ1v) is 9.64. The van der Waals surface area contributed by atoms with Crippen LogP contribution < -0.4 is 10.3 Å². The number of fused-ring (bicyclic) bond motifs is 1. The highest BCUT2D eigenvalue weighted by atomic mass is 19.1. The zero-order valence-electron chi connectivity index (χ0n) is 17.4. The molecule has 0 bridgehead atoms. The zero-order valence-corrected chi connectivity index (χ0v) is 17.4. The molecule has 0 fully saturated rings. The van der Waals surface area contributed by atoms with Crippen molar-refractivity contribution < 1.29 is 18.7 Å². The molecular weight excluding hydrogens is 387 g/mol. The Morgan fingerprint density at radius 3 is 2.63 bits per heavy atom. The van der Waals surface area contributed by atoms with Gasteiger partial charge in [-0.3, -0.25) is 9.36 Å². The molecule has 3 aromatic rings. The van der Waals surface area contributed by atoms with Gasteiger partial charge >= 0.3 is 5.97 Å². The van der Waals surface area contributed by atoms with Gasteiger partial charge in [-0.15, -0.1) is 0 Å². The van der Waals surface area contributed by atoms with E-state index in [0.29, 0.717) is 23.7 Å². The number of ether oxygens (including phenoxy) is 2. The Balaban J connectivity index is 2.22. The minimum Gasteiger partial charge on any atom is -0.497 e. The Hall–Kier alpha value is -3.48. The van der Waals surface area contributed by atoms with Gasteiger partial charge in [-0.25, -0.2) is 14.2 Å². The fraction of sp³-hybridized carbons (Fsp3) is 0.261. The molecule has 0 saturated carbocycles. The van der Waals surface area contributed by atoms with Crippen molar-refractivity contribution in [2.75, 3.05) is 13.7 Å². The molecule has 0 aliphatic heterocycles. The van der Waals surface area contributed by atoms with Gasteiger partial charge < -0.3 is 9.47 Å². The van der Waals surface area contributed by atoms with E-state index in [9.17, 15) is 14.0 Å². The predicted molar refractivity (Wildman–Crippen MR) is 114 cm³/mol. The van der Waals surface area contributed by atoms with Gasteiger partial charge in [-0.2, -0.15) is 0 Å². The third-order valence-corrected chi connectivity index (χ3v) is 4.70. The maximum absolute atomic E-state index is 14.5.